The highest BCUT2D eigenvalue weighted by atomic mass is 16.5. The molecule has 140 valence electrons. The topological polar surface area (TPSA) is 58.3 Å². The molecule has 1 aromatic carbocycles. The van der Waals surface area contributed by atoms with E-state index in [1.54, 1.807) is 0 Å². The van der Waals surface area contributed by atoms with Crippen molar-refractivity contribution >= 4 is 5.82 Å². The van der Waals surface area contributed by atoms with E-state index in [0.29, 0.717) is 17.8 Å². The van der Waals surface area contributed by atoms with Gasteiger partial charge >= 0.3 is 0 Å². The zero-order chi connectivity index (χ0) is 18.8. The van der Waals surface area contributed by atoms with Gasteiger partial charge in [-0.25, -0.2) is 4.98 Å². The van der Waals surface area contributed by atoms with E-state index in [-0.39, 0.29) is 0 Å². The number of nitrogens with zero attached hydrogens (tertiary/aromatic N) is 5. The number of piperazine rings is 1. The van der Waals surface area contributed by atoms with Gasteiger partial charge in [0.2, 0.25) is 5.82 Å². The molecule has 0 bridgehead atoms. The molecule has 0 spiro atoms. The van der Waals surface area contributed by atoms with Crippen LogP contribution in [0.4, 0.5) is 5.82 Å². The molecule has 3 heterocycles. The molecular weight excluding hydrogens is 338 g/mol. The van der Waals surface area contributed by atoms with Crippen LogP contribution in [0.25, 0.3) is 22.8 Å². The Morgan fingerprint density at radius 1 is 1.15 bits per heavy atom. The second-order valence-corrected chi connectivity index (χ2v) is 7.13. The molecule has 0 N–H and O–H groups in total. The van der Waals surface area contributed by atoms with Gasteiger partial charge < -0.3 is 9.42 Å². The van der Waals surface area contributed by atoms with Gasteiger partial charge in [0.15, 0.2) is 0 Å². The third-order valence-corrected chi connectivity index (χ3v) is 5.38. The normalized spacial score (nSPS) is 18.0. The highest BCUT2D eigenvalue weighted by molar-refractivity contribution is 5.62. The van der Waals surface area contributed by atoms with Gasteiger partial charge in [-0.2, -0.15) is 4.98 Å². The Bertz CT molecular complexity index is 905. The monoisotopic (exact) mass is 363 g/mol. The zero-order valence-corrected chi connectivity index (χ0v) is 16.1. The number of hydrogen-bond acceptors (Lipinski definition) is 6. The van der Waals surface area contributed by atoms with Crippen molar-refractivity contribution in [1.82, 2.24) is 20.0 Å². The van der Waals surface area contributed by atoms with Crippen molar-refractivity contribution in [2.45, 2.75) is 26.3 Å². The molecule has 1 saturated heterocycles. The van der Waals surface area contributed by atoms with Gasteiger partial charge in [0.1, 0.15) is 5.82 Å². The summed E-state index contributed by atoms with van der Waals surface area (Å²) >= 11 is 0. The first-order valence-corrected chi connectivity index (χ1v) is 9.47. The van der Waals surface area contributed by atoms with Crippen molar-refractivity contribution in [1.29, 1.82) is 0 Å². The van der Waals surface area contributed by atoms with Crippen molar-refractivity contribution in [3.63, 3.8) is 0 Å². The smallest absolute Gasteiger partial charge is 0.259 e. The highest BCUT2D eigenvalue weighted by Gasteiger charge is 2.23. The number of anilines is 1. The first kappa shape index (κ1) is 17.7. The number of benzene rings is 1. The van der Waals surface area contributed by atoms with Crippen LogP contribution in [0.1, 0.15) is 18.9 Å². The third kappa shape index (κ3) is 3.57. The molecule has 1 aliphatic heterocycles. The summed E-state index contributed by atoms with van der Waals surface area (Å²) in [7, 11) is 2.20. The van der Waals surface area contributed by atoms with Crippen molar-refractivity contribution in [3.8, 4) is 22.8 Å². The number of aryl methyl sites for hydroxylation is 1. The summed E-state index contributed by atoms with van der Waals surface area (Å²) < 4.78 is 5.47. The van der Waals surface area contributed by atoms with Crippen molar-refractivity contribution in [2.75, 3.05) is 31.6 Å². The Hall–Kier alpha value is -2.73. The molecule has 1 atom stereocenters. The Labute approximate surface area is 159 Å². The molecule has 0 amide bonds. The average molecular weight is 363 g/mol. The molecule has 3 aromatic rings. The van der Waals surface area contributed by atoms with Gasteiger partial charge in [-0.05, 0) is 38.1 Å². The predicted molar refractivity (Wildman–Crippen MR) is 107 cm³/mol. The highest BCUT2D eigenvalue weighted by Crippen LogP contribution is 2.25. The van der Waals surface area contributed by atoms with Gasteiger partial charge in [-0.1, -0.05) is 36.3 Å². The standard InChI is InChI=1S/C21H25N5O/c1-4-17-14-26(12-11-25(17)3)19-10-9-16(13-22-19)21-23-20(24-27-21)18-8-6-5-7-15(18)2/h5-10,13,17H,4,11-12,14H2,1-3H3/t17-/m0/s1. The molecule has 1 fully saturated rings. The number of pyridine rings is 1. The van der Waals surface area contributed by atoms with Crippen molar-refractivity contribution in [3.05, 3.63) is 48.2 Å². The summed E-state index contributed by atoms with van der Waals surface area (Å²) in [6.07, 6.45) is 2.97. The quantitative estimate of drug-likeness (QED) is 0.705. The van der Waals surface area contributed by atoms with Gasteiger partial charge in [0.05, 0.1) is 5.56 Å². The summed E-state index contributed by atoms with van der Waals surface area (Å²) in [5.41, 5.74) is 2.95. The van der Waals surface area contributed by atoms with E-state index in [2.05, 4.69) is 38.9 Å². The van der Waals surface area contributed by atoms with Crippen molar-refractivity contribution < 1.29 is 4.52 Å². The molecule has 0 saturated carbocycles. The summed E-state index contributed by atoms with van der Waals surface area (Å²) in [4.78, 5) is 14.0. The number of aromatic nitrogens is 3. The van der Waals surface area contributed by atoms with Crippen LogP contribution in [0.5, 0.6) is 0 Å². The predicted octanol–water partition coefficient (Wildman–Crippen LogP) is 3.64. The van der Waals surface area contributed by atoms with Gasteiger partial charge in [0, 0.05) is 37.4 Å². The minimum atomic E-state index is 0.497. The molecule has 6 nitrogen and oxygen atoms in total. The third-order valence-electron chi connectivity index (χ3n) is 5.38. The van der Waals surface area contributed by atoms with Crippen LogP contribution in [0.3, 0.4) is 0 Å². The minimum Gasteiger partial charge on any atom is -0.354 e. The maximum Gasteiger partial charge on any atom is 0.259 e. The Balaban J connectivity index is 1.52. The Morgan fingerprint density at radius 3 is 2.74 bits per heavy atom. The van der Waals surface area contributed by atoms with E-state index in [9.17, 15) is 0 Å². The maximum atomic E-state index is 5.47. The first-order valence-electron chi connectivity index (χ1n) is 9.47. The molecule has 1 aliphatic rings. The van der Waals surface area contributed by atoms with Crippen LogP contribution in [0.15, 0.2) is 47.1 Å². The summed E-state index contributed by atoms with van der Waals surface area (Å²) in [5.74, 6) is 2.11. The lowest BCUT2D eigenvalue weighted by Gasteiger charge is -2.39. The summed E-state index contributed by atoms with van der Waals surface area (Å²) in [6, 6.07) is 12.7. The second-order valence-electron chi connectivity index (χ2n) is 7.13. The molecule has 4 rings (SSSR count). The van der Waals surface area contributed by atoms with E-state index in [1.165, 1.54) is 0 Å². The lowest BCUT2D eigenvalue weighted by atomic mass is 10.1. The number of likely N-dealkylation sites (N-methyl/N-ethyl adjacent to an activating group) is 1. The van der Waals surface area contributed by atoms with Crippen LogP contribution in [0, 0.1) is 6.92 Å². The van der Waals surface area contributed by atoms with Gasteiger partial charge in [0.25, 0.3) is 5.89 Å². The van der Waals surface area contributed by atoms with E-state index in [0.717, 1.165) is 48.6 Å². The molecule has 6 heteroatoms. The van der Waals surface area contributed by atoms with E-state index < -0.39 is 0 Å². The van der Waals surface area contributed by atoms with Crippen LogP contribution in [-0.4, -0.2) is 52.7 Å². The fraction of sp³-hybridized carbons (Fsp3) is 0.381. The van der Waals surface area contributed by atoms with Crippen LogP contribution in [0.2, 0.25) is 0 Å². The minimum absolute atomic E-state index is 0.497. The zero-order valence-electron chi connectivity index (χ0n) is 16.1. The average Bonchev–Trinajstić information content (AvgIpc) is 3.19. The Morgan fingerprint density at radius 2 is 2.00 bits per heavy atom. The maximum absolute atomic E-state index is 5.47. The fourth-order valence-electron chi connectivity index (χ4n) is 3.57. The second kappa shape index (κ2) is 7.48. The summed E-state index contributed by atoms with van der Waals surface area (Å²) in [6.45, 7) is 7.35. The Kier molecular flexibility index (Phi) is 4.90. The van der Waals surface area contributed by atoms with Crippen LogP contribution < -0.4 is 4.90 Å². The van der Waals surface area contributed by atoms with Crippen LogP contribution >= 0.6 is 0 Å². The molecule has 2 aromatic heterocycles. The van der Waals surface area contributed by atoms with Gasteiger partial charge in [-0.15, -0.1) is 0 Å². The SMILES string of the molecule is CC[C@H]1CN(c2ccc(-c3nc(-c4ccccc4C)no3)cn2)CCN1C. The van der Waals surface area contributed by atoms with Crippen molar-refractivity contribution in [2.24, 2.45) is 0 Å². The lowest BCUT2D eigenvalue weighted by Crippen LogP contribution is -2.51. The summed E-state index contributed by atoms with van der Waals surface area (Å²) in [5, 5.41) is 4.14. The largest absolute Gasteiger partial charge is 0.354 e. The fourth-order valence-corrected chi connectivity index (χ4v) is 3.57. The molecule has 0 unspecified atom stereocenters. The number of rotatable bonds is 4. The lowest BCUT2D eigenvalue weighted by molar-refractivity contribution is 0.213. The van der Waals surface area contributed by atoms with Gasteiger partial charge in [-0.3, -0.25) is 4.90 Å². The first-order chi connectivity index (χ1) is 13.2. The molecule has 27 heavy (non-hydrogen) atoms. The van der Waals surface area contributed by atoms with Crippen LogP contribution in [-0.2, 0) is 0 Å². The molecule has 0 aliphatic carbocycles. The van der Waals surface area contributed by atoms with E-state index in [1.807, 2.05) is 49.5 Å². The molecule has 0 radical (unpaired) electrons. The number of hydrogen-bond donors (Lipinski definition) is 0. The molecular formula is C21H25N5O. The van der Waals surface area contributed by atoms with E-state index >= 15 is 0 Å². The van der Waals surface area contributed by atoms with E-state index in [4.69, 9.17) is 4.52 Å².